The lowest BCUT2D eigenvalue weighted by atomic mass is 9.87. The molecule has 10 N–H and O–H groups in total. The van der Waals surface area contributed by atoms with Crippen molar-refractivity contribution < 1.29 is 40.1 Å². The van der Waals surface area contributed by atoms with Gasteiger partial charge in [-0.1, -0.05) is 0 Å². The summed E-state index contributed by atoms with van der Waals surface area (Å²) in [4.78, 5) is 0. The maximum Gasteiger partial charge on any atom is 0.176 e. The molecule has 0 spiro atoms. The number of rotatable bonds is 3. The minimum atomic E-state index is -1.56. The molecule has 2 aliphatic rings. The summed E-state index contributed by atoms with van der Waals surface area (Å²) in [7, 11) is 0. The quantitative estimate of drug-likeness (QED) is 0.249. The Morgan fingerprint density at radius 3 is 2.14 bits per heavy atom. The second kappa shape index (κ2) is 7.01. The second-order valence-electron chi connectivity index (χ2n) is 5.79. The van der Waals surface area contributed by atoms with Crippen LogP contribution in [0.5, 0.6) is 0 Å². The molecule has 1 aliphatic heterocycles. The van der Waals surface area contributed by atoms with Crippen molar-refractivity contribution in [3.63, 3.8) is 0 Å². The van der Waals surface area contributed by atoms with E-state index in [0.717, 1.165) is 0 Å². The fraction of sp³-hybridized carbons (Fsp3) is 1.00. The average Bonchev–Trinajstić information content (AvgIpc) is 2.49. The zero-order valence-electron chi connectivity index (χ0n) is 11.8. The third kappa shape index (κ3) is 3.26. The Hall–Kier alpha value is -0.400. The molecule has 10 heteroatoms. The van der Waals surface area contributed by atoms with E-state index in [2.05, 4.69) is 0 Å². The summed E-state index contributed by atoms with van der Waals surface area (Å²) in [5.74, 6) is 0. The summed E-state index contributed by atoms with van der Waals surface area (Å²) in [6, 6.07) is -1.14. The predicted octanol–water partition coefficient (Wildman–Crippen LogP) is -5.05. The standard InChI is InChI=1S/C12H24N2O8/c13-2-5-8(18)9(19)6(14)12(21-5)22-11-4(16)1-3(15)7(17)10(11)20/h3-12,15-20H,1-2,13-14H2/t3-,4+,5-,6-,7+,8-,9-,10-,11-,12-/m1/s1. The summed E-state index contributed by atoms with van der Waals surface area (Å²) in [6.07, 6.45) is -11.9. The molecule has 1 saturated carbocycles. The summed E-state index contributed by atoms with van der Waals surface area (Å²) < 4.78 is 10.7. The third-order valence-corrected chi connectivity index (χ3v) is 4.21. The molecule has 2 rings (SSSR count). The van der Waals surface area contributed by atoms with Crippen LogP contribution >= 0.6 is 0 Å². The maximum atomic E-state index is 9.91. The van der Waals surface area contributed by atoms with Crippen molar-refractivity contribution in [2.45, 2.75) is 67.6 Å². The molecule has 1 saturated heterocycles. The van der Waals surface area contributed by atoms with Crippen molar-refractivity contribution in [3.8, 4) is 0 Å². The van der Waals surface area contributed by atoms with E-state index < -0.39 is 61.2 Å². The van der Waals surface area contributed by atoms with Gasteiger partial charge in [0.2, 0.25) is 0 Å². The van der Waals surface area contributed by atoms with Gasteiger partial charge in [0, 0.05) is 13.0 Å². The predicted molar refractivity (Wildman–Crippen MR) is 71.2 cm³/mol. The van der Waals surface area contributed by atoms with Crippen LogP contribution in [-0.4, -0.2) is 98.3 Å². The fourth-order valence-electron chi connectivity index (χ4n) is 2.77. The van der Waals surface area contributed by atoms with Crippen LogP contribution in [0.3, 0.4) is 0 Å². The topological polar surface area (TPSA) is 192 Å². The average molecular weight is 324 g/mol. The summed E-state index contributed by atoms with van der Waals surface area (Å²) in [6.45, 7) is -0.0953. The molecule has 10 nitrogen and oxygen atoms in total. The van der Waals surface area contributed by atoms with E-state index in [0.29, 0.717) is 0 Å². The zero-order chi connectivity index (χ0) is 16.6. The molecule has 130 valence electrons. The lowest BCUT2D eigenvalue weighted by Crippen LogP contribution is -2.66. The Labute approximate surface area is 126 Å². The summed E-state index contributed by atoms with van der Waals surface area (Å²) in [5, 5.41) is 58.6. The van der Waals surface area contributed by atoms with Gasteiger partial charge in [-0.15, -0.1) is 0 Å². The van der Waals surface area contributed by atoms with E-state index in [1.54, 1.807) is 0 Å². The number of aliphatic hydroxyl groups excluding tert-OH is 6. The summed E-state index contributed by atoms with van der Waals surface area (Å²) >= 11 is 0. The van der Waals surface area contributed by atoms with Crippen LogP contribution in [0.1, 0.15) is 6.42 Å². The first kappa shape index (κ1) is 17.9. The lowest BCUT2D eigenvalue weighted by Gasteiger charge is -2.45. The highest BCUT2D eigenvalue weighted by atomic mass is 16.7. The molecule has 0 radical (unpaired) electrons. The van der Waals surface area contributed by atoms with Crippen molar-refractivity contribution in [1.82, 2.24) is 0 Å². The number of nitrogens with two attached hydrogens (primary N) is 2. The van der Waals surface area contributed by atoms with E-state index >= 15 is 0 Å². The Morgan fingerprint density at radius 2 is 1.55 bits per heavy atom. The molecule has 2 fully saturated rings. The van der Waals surface area contributed by atoms with Crippen molar-refractivity contribution in [2.24, 2.45) is 11.5 Å². The Bertz CT molecular complexity index is 373. The van der Waals surface area contributed by atoms with E-state index in [1.165, 1.54) is 0 Å². The highest BCUT2D eigenvalue weighted by Gasteiger charge is 2.48. The van der Waals surface area contributed by atoms with Crippen molar-refractivity contribution in [2.75, 3.05) is 6.54 Å². The summed E-state index contributed by atoms with van der Waals surface area (Å²) in [5.41, 5.74) is 11.2. The van der Waals surface area contributed by atoms with Gasteiger partial charge < -0.3 is 51.6 Å². The normalized spacial score (nSPS) is 53.5. The SMILES string of the molecule is NC[C@H]1O[C@H](O[C@H]2[C@H](O)[C@@H](O)[C@H](O)C[C@@H]2O)[C@H](N)[C@@H](O)[C@@H]1O. The van der Waals surface area contributed by atoms with E-state index in [1.807, 2.05) is 0 Å². The third-order valence-electron chi connectivity index (χ3n) is 4.21. The molecule has 0 amide bonds. The van der Waals surface area contributed by atoms with Gasteiger partial charge in [0.25, 0.3) is 0 Å². The van der Waals surface area contributed by atoms with Gasteiger partial charge in [-0.2, -0.15) is 0 Å². The minimum absolute atomic E-state index is 0.0953. The first-order chi connectivity index (χ1) is 10.3. The minimum Gasteiger partial charge on any atom is -0.390 e. The Morgan fingerprint density at radius 1 is 0.909 bits per heavy atom. The van der Waals surface area contributed by atoms with E-state index in [-0.39, 0.29) is 13.0 Å². The Kier molecular flexibility index (Phi) is 5.72. The van der Waals surface area contributed by atoms with Crippen LogP contribution in [0.4, 0.5) is 0 Å². The van der Waals surface area contributed by atoms with Crippen LogP contribution in [0.2, 0.25) is 0 Å². The lowest BCUT2D eigenvalue weighted by molar-refractivity contribution is -0.302. The van der Waals surface area contributed by atoms with Crippen molar-refractivity contribution >= 4 is 0 Å². The van der Waals surface area contributed by atoms with Crippen molar-refractivity contribution in [3.05, 3.63) is 0 Å². The van der Waals surface area contributed by atoms with Gasteiger partial charge in [-0.25, -0.2) is 0 Å². The number of hydrogen-bond acceptors (Lipinski definition) is 10. The van der Waals surface area contributed by atoms with Gasteiger partial charge in [-0.05, 0) is 0 Å². The van der Waals surface area contributed by atoms with Crippen LogP contribution in [0, 0.1) is 0 Å². The van der Waals surface area contributed by atoms with E-state index in [4.69, 9.17) is 20.9 Å². The Balaban J connectivity index is 2.08. The number of hydrogen-bond donors (Lipinski definition) is 8. The molecule has 1 heterocycles. The van der Waals surface area contributed by atoms with Gasteiger partial charge in [0.15, 0.2) is 6.29 Å². The molecule has 0 aromatic carbocycles. The fourth-order valence-corrected chi connectivity index (χ4v) is 2.77. The van der Waals surface area contributed by atoms with Crippen molar-refractivity contribution in [1.29, 1.82) is 0 Å². The van der Waals surface area contributed by atoms with Crippen LogP contribution < -0.4 is 11.5 Å². The molecule has 22 heavy (non-hydrogen) atoms. The molecule has 10 atom stereocenters. The van der Waals surface area contributed by atoms with Gasteiger partial charge in [0.05, 0.1) is 18.2 Å². The smallest absolute Gasteiger partial charge is 0.176 e. The monoisotopic (exact) mass is 324 g/mol. The first-order valence-electron chi connectivity index (χ1n) is 7.12. The molecular formula is C12H24N2O8. The van der Waals surface area contributed by atoms with Gasteiger partial charge in [-0.3, -0.25) is 0 Å². The van der Waals surface area contributed by atoms with Crippen LogP contribution in [0.25, 0.3) is 0 Å². The van der Waals surface area contributed by atoms with Crippen LogP contribution in [0.15, 0.2) is 0 Å². The van der Waals surface area contributed by atoms with Gasteiger partial charge in [0.1, 0.15) is 36.6 Å². The van der Waals surface area contributed by atoms with Crippen LogP contribution in [-0.2, 0) is 9.47 Å². The zero-order valence-corrected chi connectivity index (χ0v) is 11.8. The largest absolute Gasteiger partial charge is 0.390 e. The molecule has 0 unspecified atom stereocenters. The van der Waals surface area contributed by atoms with Gasteiger partial charge >= 0.3 is 0 Å². The number of aliphatic hydroxyl groups is 6. The molecular weight excluding hydrogens is 300 g/mol. The molecule has 0 aromatic heterocycles. The highest BCUT2D eigenvalue weighted by molar-refractivity contribution is 4.96. The maximum absolute atomic E-state index is 9.91. The van der Waals surface area contributed by atoms with E-state index in [9.17, 15) is 30.6 Å². The number of ether oxygens (including phenoxy) is 2. The highest BCUT2D eigenvalue weighted by Crippen LogP contribution is 2.28. The molecule has 1 aliphatic carbocycles. The molecule has 0 aromatic rings. The second-order valence-corrected chi connectivity index (χ2v) is 5.79. The first-order valence-corrected chi connectivity index (χ1v) is 7.12. The molecule has 0 bridgehead atoms.